The standard InChI is InChI=1S/C11H22N3O3/c1-4-5-10(11(12)16)6-7-14(17)13-8(2)9(3)15/h6-10,13,15H,4-5H2,1-3H3,(H2,12,16)/q-1. The van der Waals surface area contributed by atoms with Crippen LogP contribution in [0.4, 0.5) is 0 Å². The Morgan fingerprint density at radius 2 is 2.18 bits per heavy atom. The van der Waals surface area contributed by atoms with Crippen molar-refractivity contribution in [3.05, 3.63) is 17.5 Å². The minimum Gasteiger partial charge on any atom is -0.744 e. The van der Waals surface area contributed by atoms with Gasteiger partial charge in [-0.25, -0.2) is 5.43 Å². The van der Waals surface area contributed by atoms with E-state index in [2.05, 4.69) is 5.43 Å². The second-order valence-corrected chi connectivity index (χ2v) is 4.12. The topological polar surface area (TPSA) is 102 Å². The Labute approximate surface area is 102 Å². The Morgan fingerprint density at radius 3 is 2.59 bits per heavy atom. The van der Waals surface area contributed by atoms with Crippen molar-refractivity contribution in [2.24, 2.45) is 11.7 Å². The second-order valence-electron chi connectivity index (χ2n) is 4.12. The van der Waals surface area contributed by atoms with Gasteiger partial charge in [-0.2, -0.15) is 0 Å². The quantitative estimate of drug-likeness (QED) is 0.539. The van der Waals surface area contributed by atoms with Crippen LogP contribution in [0.25, 0.3) is 0 Å². The number of carbonyl (C=O) groups excluding carboxylic acids is 1. The zero-order valence-electron chi connectivity index (χ0n) is 10.6. The average Bonchev–Trinajstić information content (AvgIpc) is 2.23. The van der Waals surface area contributed by atoms with E-state index in [1.54, 1.807) is 13.8 Å². The highest BCUT2D eigenvalue weighted by Gasteiger charge is 2.10. The van der Waals surface area contributed by atoms with E-state index in [1.165, 1.54) is 12.3 Å². The number of hydrogen-bond donors (Lipinski definition) is 3. The van der Waals surface area contributed by atoms with Crippen LogP contribution in [0, 0.1) is 11.1 Å². The summed E-state index contributed by atoms with van der Waals surface area (Å²) in [7, 11) is 0. The van der Waals surface area contributed by atoms with Crippen molar-refractivity contribution in [1.82, 2.24) is 10.6 Å². The van der Waals surface area contributed by atoms with Crippen LogP contribution in [0.15, 0.2) is 12.3 Å². The predicted octanol–water partition coefficient (Wildman–Crippen LogP) is 0.475. The maximum Gasteiger partial charge on any atom is 0.224 e. The van der Waals surface area contributed by atoms with Gasteiger partial charge in [-0.3, -0.25) is 4.79 Å². The lowest BCUT2D eigenvalue weighted by Gasteiger charge is -2.32. The minimum absolute atomic E-state index is 0.365. The van der Waals surface area contributed by atoms with Gasteiger partial charge in [0.25, 0.3) is 0 Å². The van der Waals surface area contributed by atoms with Gasteiger partial charge < -0.3 is 21.2 Å². The van der Waals surface area contributed by atoms with E-state index in [9.17, 15) is 15.1 Å². The van der Waals surface area contributed by atoms with E-state index < -0.39 is 17.9 Å². The molecule has 0 aromatic heterocycles. The van der Waals surface area contributed by atoms with Gasteiger partial charge in [-0.1, -0.05) is 19.4 Å². The van der Waals surface area contributed by atoms with Gasteiger partial charge in [0, 0.05) is 6.04 Å². The number of carbonyl (C=O) groups is 1. The lowest BCUT2D eigenvalue weighted by Crippen LogP contribution is -2.42. The highest BCUT2D eigenvalue weighted by atomic mass is 16.5. The lowest BCUT2D eigenvalue weighted by molar-refractivity contribution is -0.120. The van der Waals surface area contributed by atoms with Gasteiger partial charge in [0.05, 0.1) is 12.0 Å². The van der Waals surface area contributed by atoms with Crippen molar-refractivity contribution in [3.63, 3.8) is 0 Å². The molecule has 100 valence electrons. The second kappa shape index (κ2) is 8.05. The number of nitrogens with two attached hydrogens (primary N) is 1. The van der Waals surface area contributed by atoms with Crippen molar-refractivity contribution in [2.75, 3.05) is 0 Å². The maximum absolute atomic E-state index is 11.3. The van der Waals surface area contributed by atoms with Gasteiger partial charge in [0.15, 0.2) is 0 Å². The van der Waals surface area contributed by atoms with Gasteiger partial charge >= 0.3 is 0 Å². The van der Waals surface area contributed by atoms with E-state index in [1.807, 2.05) is 6.92 Å². The smallest absolute Gasteiger partial charge is 0.224 e. The Balaban J connectivity index is 4.24. The summed E-state index contributed by atoms with van der Waals surface area (Å²) in [5.74, 6) is -0.875. The first kappa shape index (κ1) is 15.9. The third-order valence-electron chi connectivity index (χ3n) is 2.47. The zero-order chi connectivity index (χ0) is 13.4. The first-order valence-electron chi connectivity index (χ1n) is 5.76. The first-order chi connectivity index (χ1) is 7.88. The molecule has 0 aliphatic rings. The highest BCUT2D eigenvalue weighted by molar-refractivity contribution is 5.78. The molecule has 0 aliphatic heterocycles. The summed E-state index contributed by atoms with van der Waals surface area (Å²) in [6.45, 7) is 5.20. The molecule has 0 aromatic carbocycles. The number of rotatable bonds is 8. The summed E-state index contributed by atoms with van der Waals surface area (Å²) in [5.41, 5.74) is 7.69. The molecule has 3 unspecified atom stereocenters. The number of hydrogen-bond acceptors (Lipinski definition) is 5. The molecule has 4 N–H and O–H groups in total. The molecule has 0 fully saturated rings. The SMILES string of the molecule is CCCC(C=CN([O-])NC(C)C(C)O)C(N)=O. The van der Waals surface area contributed by atoms with E-state index in [0.29, 0.717) is 11.6 Å². The molecule has 17 heavy (non-hydrogen) atoms. The highest BCUT2D eigenvalue weighted by Crippen LogP contribution is 2.07. The number of hydroxylamine groups is 1. The number of nitrogens with zero attached hydrogens (tertiary/aromatic N) is 1. The van der Waals surface area contributed by atoms with Crippen LogP contribution in [0.3, 0.4) is 0 Å². The van der Waals surface area contributed by atoms with Crippen molar-refractivity contribution >= 4 is 5.91 Å². The summed E-state index contributed by atoms with van der Waals surface area (Å²) < 4.78 is 0. The molecule has 0 radical (unpaired) electrons. The van der Waals surface area contributed by atoms with Crippen LogP contribution in [0.1, 0.15) is 33.6 Å². The summed E-state index contributed by atoms with van der Waals surface area (Å²) in [6.07, 6.45) is 3.48. The van der Waals surface area contributed by atoms with E-state index in [4.69, 9.17) is 5.73 Å². The van der Waals surface area contributed by atoms with Crippen LogP contribution in [-0.2, 0) is 4.79 Å². The van der Waals surface area contributed by atoms with Crippen LogP contribution in [0.5, 0.6) is 0 Å². The largest absolute Gasteiger partial charge is 0.744 e. The van der Waals surface area contributed by atoms with E-state index >= 15 is 0 Å². The fraction of sp³-hybridized carbons (Fsp3) is 0.727. The molecule has 0 saturated carbocycles. The third kappa shape index (κ3) is 6.93. The van der Waals surface area contributed by atoms with E-state index in [-0.39, 0.29) is 6.04 Å². The molecule has 0 bridgehead atoms. The maximum atomic E-state index is 11.3. The van der Waals surface area contributed by atoms with Crippen molar-refractivity contribution in [3.8, 4) is 0 Å². The number of aliphatic hydroxyl groups is 1. The molecule has 6 nitrogen and oxygen atoms in total. The molecule has 6 heteroatoms. The Bertz CT molecular complexity index is 256. The fourth-order valence-electron chi connectivity index (χ4n) is 1.18. The fourth-order valence-corrected chi connectivity index (χ4v) is 1.18. The average molecular weight is 244 g/mol. The number of primary amides is 1. The number of amides is 1. The van der Waals surface area contributed by atoms with Gasteiger partial charge in [-0.05, 0) is 26.5 Å². The Morgan fingerprint density at radius 1 is 1.59 bits per heavy atom. The summed E-state index contributed by atoms with van der Waals surface area (Å²) in [6, 6.07) is -0.365. The summed E-state index contributed by atoms with van der Waals surface area (Å²) in [5, 5.41) is 21.0. The van der Waals surface area contributed by atoms with Gasteiger partial charge in [0.1, 0.15) is 0 Å². The number of hydrazine groups is 1. The van der Waals surface area contributed by atoms with Crippen LogP contribution in [0.2, 0.25) is 0 Å². The summed E-state index contributed by atoms with van der Waals surface area (Å²) in [4.78, 5) is 11.0. The molecule has 1 amide bonds. The summed E-state index contributed by atoms with van der Waals surface area (Å²) >= 11 is 0. The van der Waals surface area contributed by atoms with Gasteiger partial charge in [-0.15, -0.1) is 0 Å². The van der Waals surface area contributed by atoms with Crippen LogP contribution >= 0.6 is 0 Å². The molecular formula is C11H22N3O3-. The number of aliphatic hydroxyl groups excluding tert-OH is 1. The minimum atomic E-state index is -0.637. The van der Waals surface area contributed by atoms with Crippen molar-refractivity contribution in [1.29, 1.82) is 0 Å². The van der Waals surface area contributed by atoms with Crippen LogP contribution in [-0.4, -0.2) is 28.3 Å². The molecule has 0 saturated heterocycles. The molecule has 0 rings (SSSR count). The molecular weight excluding hydrogens is 222 g/mol. The monoisotopic (exact) mass is 244 g/mol. The third-order valence-corrected chi connectivity index (χ3v) is 2.47. The normalized spacial score (nSPS) is 16.8. The lowest BCUT2D eigenvalue weighted by atomic mass is 10.0. The molecule has 3 atom stereocenters. The number of nitrogens with one attached hydrogen (secondary N) is 1. The predicted molar refractivity (Wildman–Crippen MR) is 66.2 cm³/mol. The van der Waals surface area contributed by atoms with Gasteiger partial charge in [0.2, 0.25) is 5.91 Å². The Hall–Kier alpha value is -1.11. The molecule has 0 aliphatic carbocycles. The molecule has 0 aromatic rings. The van der Waals surface area contributed by atoms with Crippen LogP contribution < -0.4 is 11.2 Å². The molecule has 0 spiro atoms. The first-order valence-corrected chi connectivity index (χ1v) is 5.76. The van der Waals surface area contributed by atoms with Crippen molar-refractivity contribution < 1.29 is 9.90 Å². The zero-order valence-corrected chi connectivity index (χ0v) is 10.6. The van der Waals surface area contributed by atoms with E-state index in [0.717, 1.165) is 6.42 Å². The van der Waals surface area contributed by atoms with Crippen molar-refractivity contribution in [2.45, 2.75) is 45.8 Å². The molecule has 0 heterocycles. The Kier molecular flexibility index (Phi) is 7.53.